The minimum Gasteiger partial charge on any atom is -0.496 e. The maximum atomic E-state index is 11.9. The van der Waals surface area contributed by atoms with Crippen molar-refractivity contribution in [2.75, 3.05) is 7.11 Å². The van der Waals surface area contributed by atoms with E-state index in [0.29, 0.717) is 29.7 Å². The molecule has 2 aromatic carbocycles. The summed E-state index contributed by atoms with van der Waals surface area (Å²) >= 11 is 0. The van der Waals surface area contributed by atoms with Crippen LogP contribution in [-0.4, -0.2) is 29.4 Å². The van der Waals surface area contributed by atoms with E-state index >= 15 is 0 Å². The summed E-state index contributed by atoms with van der Waals surface area (Å²) in [6.45, 7) is 5.33. The first-order chi connectivity index (χ1) is 12.9. The molecule has 1 unspecified atom stereocenters. The molecule has 0 heterocycles. The number of carboxylic acids is 1. The highest BCUT2D eigenvalue weighted by molar-refractivity contribution is 5.96. The van der Waals surface area contributed by atoms with Gasteiger partial charge in [0, 0.05) is 12.0 Å². The van der Waals surface area contributed by atoms with Crippen molar-refractivity contribution in [2.45, 2.75) is 32.3 Å². The largest absolute Gasteiger partial charge is 0.496 e. The number of hydrogen-bond donors (Lipinski definition) is 2. The van der Waals surface area contributed by atoms with Crippen LogP contribution in [0.4, 0.5) is 5.69 Å². The van der Waals surface area contributed by atoms with Gasteiger partial charge in [0.2, 0.25) is 0 Å². The monoisotopic (exact) mass is 369 g/mol. The highest BCUT2D eigenvalue weighted by atomic mass is 16.5. The lowest BCUT2D eigenvalue weighted by Crippen LogP contribution is -2.14. The van der Waals surface area contributed by atoms with Gasteiger partial charge in [-0.1, -0.05) is 42.5 Å². The number of aromatic carboxylic acids is 1. The topological polar surface area (TPSA) is 96.2 Å². The molecule has 2 rings (SSSR count). The Morgan fingerprint density at radius 1 is 1.26 bits per heavy atom. The minimum atomic E-state index is -1.23. The number of hydrogen-bond acceptors (Lipinski definition) is 5. The fourth-order valence-electron chi connectivity index (χ4n) is 2.94. The summed E-state index contributed by atoms with van der Waals surface area (Å²) in [5.74, 6) is -0.903. The average Bonchev–Trinajstić information content (AvgIpc) is 2.66. The second kappa shape index (κ2) is 9.09. The van der Waals surface area contributed by atoms with Gasteiger partial charge in [-0.25, -0.2) is 4.79 Å². The zero-order valence-corrected chi connectivity index (χ0v) is 15.4. The maximum Gasteiger partial charge on any atom is 0.338 e. The SMILES string of the molecule is C=C(C)C(O)Cc1c(OC)cc(CCc2ccccc2)c(C(=O)O)c1N=O. The number of nitroso groups, excluding NO2 is 1. The predicted octanol–water partition coefficient (Wildman–Crippen LogP) is 4.06. The lowest BCUT2D eigenvalue weighted by atomic mass is 9.92. The van der Waals surface area contributed by atoms with Gasteiger partial charge in [0.25, 0.3) is 0 Å². The van der Waals surface area contributed by atoms with Crippen LogP contribution in [-0.2, 0) is 19.3 Å². The van der Waals surface area contributed by atoms with E-state index in [2.05, 4.69) is 11.8 Å². The number of aliphatic hydroxyl groups excluding tert-OH is 1. The van der Waals surface area contributed by atoms with Gasteiger partial charge < -0.3 is 14.9 Å². The molecule has 0 amide bonds. The summed E-state index contributed by atoms with van der Waals surface area (Å²) < 4.78 is 5.36. The van der Waals surface area contributed by atoms with E-state index in [4.69, 9.17) is 4.74 Å². The Labute approximate surface area is 158 Å². The van der Waals surface area contributed by atoms with Gasteiger partial charge in [-0.15, -0.1) is 4.91 Å². The van der Waals surface area contributed by atoms with Gasteiger partial charge in [-0.05, 0) is 42.1 Å². The first-order valence-corrected chi connectivity index (χ1v) is 8.55. The van der Waals surface area contributed by atoms with Crippen molar-refractivity contribution in [1.29, 1.82) is 0 Å². The van der Waals surface area contributed by atoms with Crippen LogP contribution in [0.15, 0.2) is 53.7 Å². The summed E-state index contributed by atoms with van der Waals surface area (Å²) in [6, 6.07) is 11.2. The summed E-state index contributed by atoms with van der Waals surface area (Å²) in [6.07, 6.45) is 0.0828. The molecule has 1 atom stereocenters. The van der Waals surface area contributed by atoms with Crippen molar-refractivity contribution in [3.8, 4) is 5.75 Å². The Kier molecular flexibility index (Phi) is 6.85. The van der Waals surface area contributed by atoms with Crippen molar-refractivity contribution < 1.29 is 19.7 Å². The molecular weight excluding hydrogens is 346 g/mol. The highest BCUT2D eigenvalue weighted by Crippen LogP contribution is 2.37. The van der Waals surface area contributed by atoms with Crippen molar-refractivity contribution in [3.63, 3.8) is 0 Å². The molecule has 0 aliphatic rings. The molecule has 0 bridgehead atoms. The fraction of sp³-hybridized carbons (Fsp3) is 0.286. The quantitative estimate of drug-likeness (QED) is 0.513. The number of ether oxygens (including phenoxy) is 1. The van der Waals surface area contributed by atoms with Crippen molar-refractivity contribution in [3.05, 3.63) is 75.7 Å². The third-order valence-corrected chi connectivity index (χ3v) is 4.46. The average molecular weight is 369 g/mol. The molecule has 0 spiro atoms. The molecule has 2 aromatic rings. The van der Waals surface area contributed by atoms with Gasteiger partial charge >= 0.3 is 5.97 Å². The maximum absolute atomic E-state index is 11.9. The van der Waals surface area contributed by atoms with Gasteiger partial charge in [-0.2, -0.15) is 0 Å². The Bertz CT molecular complexity index is 845. The standard InChI is InChI=1S/C21H23NO5/c1-13(2)17(23)12-16-18(27-3)11-15(19(21(24)25)20(16)22-26)10-9-14-7-5-4-6-8-14/h4-8,11,17,23H,1,9-10,12H2,2-3H3,(H,24,25). The molecule has 142 valence electrons. The zero-order chi connectivity index (χ0) is 20.0. The molecule has 0 saturated carbocycles. The first-order valence-electron chi connectivity index (χ1n) is 8.55. The number of methoxy groups -OCH3 is 1. The van der Waals surface area contributed by atoms with Gasteiger partial charge in [0.15, 0.2) is 0 Å². The molecular formula is C21H23NO5. The number of benzene rings is 2. The van der Waals surface area contributed by atoms with Crippen LogP contribution in [0.1, 0.15) is 34.0 Å². The molecule has 2 N–H and O–H groups in total. The Morgan fingerprint density at radius 3 is 2.44 bits per heavy atom. The Morgan fingerprint density at radius 2 is 1.93 bits per heavy atom. The molecule has 6 heteroatoms. The first kappa shape index (κ1) is 20.3. The van der Waals surface area contributed by atoms with Crippen LogP contribution in [0.3, 0.4) is 0 Å². The van der Waals surface area contributed by atoms with Crippen molar-refractivity contribution in [1.82, 2.24) is 0 Å². The Balaban J connectivity index is 2.52. The number of aliphatic hydroxyl groups is 1. The van der Waals surface area contributed by atoms with Crippen LogP contribution >= 0.6 is 0 Å². The van der Waals surface area contributed by atoms with E-state index in [9.17, 15) is 19.9 Å². The van der Waals surface area contributed by atoms with Crippen LogP contribution in [0, 0.1) is 4.91 Å². The summed E-state index contributed by atoms with van der Waals surface area (Å²) in [4.78, 5) is 23.4. The van der Waals surface area contributed by atoms with Crippen molar-refractivity contribution >= 4 is 11.7 Å². The number of aryl methyl sites for hydroxylation is 2. The third kappa shape index (κ3) is 4.80. The molecule has 0 fully saturated rings. The van der Waals surface area contributed by atoms with Crippen molar-refractivity contribution in [2.24, 2.45) is 5.18 Å². The fourth-order valence-corrected chi connectivity index (χ4v) is 2.94. The molecule has 6 nitrogen and oxygen atoms in total. The second-order valence-corrected chi connectivity index (χ2v) is 6.39. The molecule has 27 heavy (non-hydrogen) atoms. The summed E-state index contributed by atoms with van der Waals surface area (Å²) in [5, 5.41) is 22.8. The zero-order valence-electron chi connectivity index (χ0n) is 15.4. The van der Waals surface area contributed by atoms with Gasteiger partial charge in [0.1, 0.15) is 11.4 Å². The van der Waals surface area contributed by atoms with Crippen LogP contribution in [0.2, 0.25) is 0 Å². The third-order valence-electron chi connectivity index (χ3n) is 4.46. The highest BCUT2D eigenvalue weighted by Gasteiger charge is 2.25. The number of carboxylic acid groups (broad SMARTS) is 1. The van der Waals surface area contributed by atoms with Gasteiger partial charge in [-0.3, -0.25) is 0 Å². The number of carbonyl (C=O) groups is 1. The van der Waals surface area contributed by atoms with E-state index < -0.39 is 12.1 Å². The molecule has 0 saturated heterocycles. The smallest absolute Gasteiger partial charge is 0.338 e. The summed E-state index contributed by atoms with van der Waals surface area (Å²) in [5.41, 5.74) is 1.93. The number of nitrogens with zero attached hydrogens (tertiary/aromatic N) is 1. The van der Waals surface area contributed by atoms with E-state index in [1.54, 1.807) is 13.0 Å². The molecule has 0 aliphatic carbocycles. The lowest BCUT2D eigenvalue weighted by molar-refractivity contribution is 0.0696. The minimum absolute atomic E-state index is 0.00117. The van der Waals surface area contributed by atoms with E-state index in [1.165, 1.54) is 7.11 Å². The van der Waals surface area contributed by atoms with E-state index in [1.807, 2.05) is 30.3 Å². The van der Waals surface area contributed by atoms with E-state index in [0.717, 1.165) is 5.56 Å². The molecule has 0 radical (unpaired) electrons. The normalized spacial score (nSPS) is 11.7. The predicted molar refractivity (Wildman–Crippen MR) is 104 cm³/mol. The van der Waals surface area contributed by atoms with Crippen LogP contribution in [0.5, 0.6) is 5.75 Å². The molecule has 0 aliphatic heterocycles. The Hall–Kier alpha value is -2.99. The number of rotatable bonds is 9. The molecule has 0 aromatic heterocycles. The second-order valence-electron chi connectivity index (χ2n) is 6.39. The van der Waals surface area contributed by atoms with Crippen LogP contribution in [0.25, 0.3) is 0 Å². The summed E-state index contributed by atoms with van der Waals surface area (Å²) in [7, 11) is 1.43. The van der Waals surface area contributed by atoms with Crippen LogP contribution < -0.4 is 4.74 Å². The lowest BCUT2D eigenvalue weighted by Gasteiger charge is -2.18. The van der Waals surface area contributed by atoms with Gasteiger partial charge in [0.05, 0.1) is 18.8 Å². The van der Waals surface area contributed by atoms with E-state index in [-0.39, 0.29) is 23.2 Å².